The average molecular weight is 313 g/mol. The van der Waals surface area contributed by atoms with Gasteiger partial charge in [-0.05, 0) is 38.5 Å². The van der Waals surface area contributed by atoms with E-state index in [2.05, 4.69) is 28.0 Å². The lowest BCUT2D eigenvalue weighted by atomic mass is 10.2. The maximum Gasteiger partial charge on any atom is 0.274 e. The monoisotopic (exact) mass is 313 g/mol. The zero-order valence-electron chi connectivity index (χ0n) is 14.0. The fourth-order valence-electron chi connectivity index (χ4n) is 3.03. The summed E-state index contributed by atoms with van der Waals surface area (Å²) >= 11 is 0. The van der Waals surface area contributed by atoms with Crippen LogP contribution >= 0.6 is 0 Å². The number of rotatable bonds is 3. The highest BCUT2D eigenvalue weighted by Gasteiger charge is 2.25. The Morgan fingerprint density at radius 2 is 1.96 bits per heavy atom. The Morgan fingerprint density at radius 1 is 1.22 bits per heavy atom. The molecule has 3 heterocycles. The molecule has 0 radical (unpaired) electrons. The molecule has 1 aliphatic rings. The second-order valence-electron chi connectivity index (χ2n) is 5.91. The van der Waals surface area contributed by atoms with Crippen molar-refractivity contribution in [1.29, 1.82) is 0 Å². The first-order valence-electron chi connectivity index (χ1n) is 8.10. The highest BCUT2D eigenvalue weighted by atomic mass is 16.2. The highest BCUT2D eigenvalue weighted by molar-refractivity contribution is 5.92. The summed E-state index contributed by atoms with van der Waals surface area (Å²) in [6, 6.07) is 5.89. The van der Waals surface area contributed by atoms with Crippen molar-refractivity contribution in [3.63, 3.8) is 0 Å². The molecule has 0 aliphatic carbocycles. The van der Waals surface area contributed by atoms with E-state index < -0.39 is 0 Å². The number of hydrogen-bond acceptors (Lipinski definition) is 4. The highest BCUT2D eigenvalue weighted by Crippen LogP contribution is 2.18. The SMILES string of the molecule is CCn1nc(C(=O)N2CCN(c3ncccc3C)CC2)cc1C. The summed E-state index contributed by atoms with van der Waals surface area (Å²) in [7, 11) is 0. The zero-order chi connectivity index (χ0) is 16.4. The number of anilines is 1. The Balaban J connectivity index is 1.66. The van der Waals surface area contributed by atoms with Gasteiger partial charge in [-0.15, -0.1) is 0 Å². The molecule has 3 rings (SSSR count). The van der Waals surface area contributed by atoms with Gasteiger partial charge in [-0.25, -0.2) is 4.98 Å². The lowest BCUT2D eigenvalue weighted by molar-refractivity contribution is 0.0739. The Bertz CT molecular complexity index is 701. The predicted octanol–water partition coefficient (Wildman–Crippen LogP) is 1.88. The molecule has 0 bridgehead atoms. The van der Waals surface area contributed by atoms with Crippen LogP contribution in [0.2, 0.25) is 0 Å². The van der Waals surface area contributed by atoms with Gasteiger partial charge in [-0.2, -0.15) is 5.10 Å². The molecule has 2 aromatic heterocycles. The first-order chi connectivity index (χ1) is 11.1. The molecule has 6 nitrogen and oxygen atoms in total. The number of carbonyl (C=O) groups is 1. The molecule has 0 N–H and O–H groups in total. The van der Waals surface area contributed by atoms with Crippen LogP contribution in [0.4, 0.5) is 5.82 Å². The van der Waals surface area contributed by atoms with Gasteiger partial charge < -0.3 is 9.80 Å². The lowest BCUT2D eigenvalue weighted by Gasteiger charge is -2.35. The van der Waals surface area contributed by atoms with Crippen molar-refractivity contribution in [2.75, 3.05) is 31.1 Å². The quantitative estimate of drug-likeness (QED) is 0.868. The average Bonchev–Trinajstić information content (AvgIpc) is 2.96. The van der Waals surface area contributed by atoms with E-state index in [0.717, 1.165) is 31.1 Å². The van der Waals surface area contributed by atoms with Gasteiger partial charge in [0.2, 0.25) is 0 Å². The molecule has 23 heavy (non-hydrogen) atoms. The van der Waals surface area contributed by atoms with Crippen molar-refractivity contribution in [3.8, 4) is 0 Å². The first kappa shape index (κ1) is 15.5. The summed E-state index contributed by atoms with van der Waals surface area (Å²) in [5.74, 6) is 1.04. The predicted molar refractivity (Wildman–Crippen MR) is 89.7 cm³/mol. The van der Waals surface area contributed by atoms with Crippen molar-refractivity contribution in [2.45, 2.75) is 27.3 Å². The second kappa shape index (κ2) is 6.40. The summed E-state index contributed by atoms with van der Waals surface area (Å²) in [4.78, 5) is 21.2. The van der Waals surface area contributed by atoms with Crippen molar-refractivity contribution in [1.82, 2.24) is 19.7 Å². The van der Waals surface area contributed by atoms with Gasteiger partial charge >= 0.3 is 0 Å². The second-order valence-corrected chi connectivity index (χ2v) is 5.91. The van der Waals surface area contributed by atoms with Crippen LogP contribution in [0.25, 0.3) is 0 Å². The lowest BCUT2D eigenvalue weighted by Crippen LogP contribution is -2.49. The maximum atomic E-state index is 12.6. The van der Waals surface area contributed by atoms with Crippen molar-refractivity contribution in [3.05, 3.63) is 41.3 Å². The summed E-state index contributed by atoms with van der Waals surface area (Å²) in [5, 5.41) is 4.39. The zero-order valence-corrected chi connectivity index (χ0v) is 14.0. The van der Waals surface area contributed by atoms with E-state index in [1.165, 1.54) is 5.56 Å². The molecular formula is C17H23N5O. The number of aromatic nitrogens is 3. The minimum atomic E-state index is 0.0256. The van der Waals surface area contributed by atoms with Crippen LogP contribution in [0.3, 0.4) is 0 Å². The molecule has 122 valence electrons. The van der Waals surface area contributed by atoms with Gasteiger partial charge in [0.15, 0.2) is 5.69 Å². The Labute approximate surface area is 136 Å². The minimum Gasteiger partial charge on any atom is -0.353 e. The Kier molecular flexibility index (Phi) is 4.32. The number of pyridine rings is 1. The summed E-state index contributed by atoms with van der Waals surface area (Å²) in [5.41, 5.74) is 2.75. The van der Waals surface area contributed by atoms with E-state index in [1.807, 2.05) is 41.8 Å². The standard InChI is InChI=1S/C17H23N5O/c1-4-22-14(3)12-15(19-22)17(23)21-10-8-20(9-11-21)16-13(2)6-5-7-18-16/h5-7,12H,4,8-11H2,1-3H3. The number of nitrogens with zero attached hydrogens (tertiary/aromatic N) is 5. The molecule has 0 aromatic carbocycles. The van der Waals surface area contributed by atoms with Gasteiger partial charge in [-0.3, -0.25) is 9.48 Å². The molecule has 6 heteroatoms. The number of amides is 1. The van der Waals surface area contributed by atoms with Gasteiger partial charge in [0.1, 0.15) is 5.82 Å². The smallest absolute Gasteiger partial charge is 0.274 e. The van der Waals surface area contributed by atoms with Crippen LogP contribution in [0, 0.1) is 13.8 Å². The van der Waals surface area contributed by atoms with Crippen LogP contribution in [0.1, 0.15) is 28.7 Å². The molecule has 1 saturated heterocycles. The van der Waals surface area contributed by atoms with Crippen LogP contribution in [-0.4, -0.2) is 51.8 Å². The molecule has 0 atom stereocenters. The Hall–Kier alpha value is -2.37. The van der Waals surface area contributed by atoms with Crippen LogP contribution in [-0.2, 0) is 6.54 Å². The molecule has 0 saturated carbocycles. The fraction of sp³-hybridized carbons (Fsp3) is 0.471. The van der Waals surface area contributed by atoms with Crippen molar-refractivity contribution < 1.29 is 4.79 Å². The largest absolute Gasteiger partial charge is 0.353 e. The number of aryl methyl sites for hydroxylation is 3. The summed E-state index contributed by atoms with van der Waals surface area (Å²) < 4.78 is 1.86. The number of hydrogen-bond donors (Lipinski definition) is 0. The van der Waals surface area contributed by atoms with Crippen molar-refractivity contribution in [2.24, 2.45) is 0 Å². The summed E-state index contributed by atoms with van der Waals surface area (Å²) in [6.07, 6.45) is 1.82. The number of carbonyl (C=O) groups excluding carboxylic acids is 1. The molecule has 1 aliphatic heterocycles. The normalized spacial score (nSPS) is 15.1. The molecular weight excluding hydrogens is 290 g/mol. The molecule has 0 spiro atoms. The summed E-state index contributed by atoms with van der Waals surface area (Å²) in [6.45, 7) is 9.87. The molecule has 1 fully saturated rings. The van der Waals surface area contributed by atoms with Gasteiger partial charge in [0.25, 0.3) is 5.91 Å². The van der Waals surface area contributed by atoms with E-state index >= 15 is 0 Å². The van der Waals surface area contributed by atoms with E-state index in [4.69, 9.17) is 0 Å². The molecule has 2 aromatic rings. The van der Waals surface area contributed by atoms with Gasteiger partial charge in [0, 0.05) is 44.6 Å². The third-order valence-corrected chi connectivity index (χ3v) is 4.35. The number of piperazine rings is 1. The van der Waals surface area contributed by atoms with Gasteiger partial charge in [0.05, 0.1) is 0 Å². The van der Waals surface area contributed by atoms with E-state index in [9.17, 15) is 4.79 Å². The minimum absolute atomic E-state index is 0.0256. The van der Waals surface area contributed by atoms with Crippen LogP contribution < -0.4 is 4.90 Å². The van der Waals surface area contributed by atoms with E-state index in [0.29, 0.717) is 18.8 Å². The van der Waals surface area contributed by atoms with E-state index in [-0.39, 0.29) is 5.91 Å². The molecule has 1 amide bonds. The first-order valence-corrected chi connectivity index (χ1v) is 8.10. The van der Waals surface area contributed by atoms with E-state index in [1.54, 1.807) is 0 Å². The Morgan fingerprint density at radius 3 is 2.57 bits per heavy atom. The topological polar surface area (TPSA) is 54.3 Å². The van der Waals surface area contributed by atoms with Crippen LogP contribution in [0.15, 0.2) is 24.4 Å². The third kappa shape index (κ3) is 3.06. The fourth-order valence-corrected chi connectivity index (χ4v) is 3.03. The maximum absolute atomic E-state index is 12.6. The van der Waals surface area contributed by atoms with Crippen molar-refractivity contribution >= 4 is 11.7 Å². The molecule has 0 unspecified atom stereocenters. The third-order valence-electron chi connectivity index (χ3n) is 4.35. The van der Waals surface area contributed by atoms with Gasteiger partial charge in [-0.1, -0.05) is 6.07 Å². The van der Waals surface area contributed by atoms with Crippen LogP contribution in [0.5, 0.6) is 0 Å².